The molecule has 0 fully saturated rings. The Morgan fingerprint density at radius 1 is 0.972 bits per heavy atom. The number of nitrogens with zero attached hydrogens (tertiary/aromatic N) is 2. The average molecular weight is 488 g/mol. The molecule has 0 spiro atoms. The van der Waals surface area contributed by atoms with Gasteiger partial charge in [0, 0.05) is 5.56 Å². The lowest BCUT2D eigenvalue weighted by molar-refractivity contribution is 0.0949. The van der Waals surface area contributed by atoms with E-state index < -0.39 is 0 Å². The molecule has 0 aliphatic carbocycles. The van der Waals surface area contributed by atoms with E-state index in [2.05, 4.69) is 48.9 Å². The maximum atomic E-state index is 12.9. The molecule has 3 aromatic carbocycles. The second-order valence-corrected chi connectivity index (χ2v) is 8.97. The van der Waals surface area contributed by atoms with E-state index in [-0.39, 0.29) is 12.5 Å². The van der Waals surface area contributed by atoms with E-state index in [0.717, 1.165) is 22.6 Å². The number of imidazole rings is 1. The van der Waals surface area contributed by atoms with Crippen LogP contribution in [0.2, 0.25) is 0 Å². The molecule has 7 heteroatoms. The van der Waals surface area contributed by atoms with Crippen molar-refractivity contribution in [3.05, 3.63) is 83.2 Å². The van der Waals surface area contributed by atoms with E-state index >= 15 is 0 Å². The minimum Gasteiger partial charge on any atom is -0.493 e. The van der Waals surface area contributed by atoms with Gasteiger partial charge in [-0.3, -0.25) is 4.79 Å². The van der Waals surface area contributed by atoms with Gasteiger partial charge >= 0.3 is 0 Å². The van der Waals surface area contributed by atoms with Crippen molar-refractivity contribution in [3.8, 4) is 17.2 Å². The highest BCUT2D eigenvalue weighted by Crippen LogP contribution is 2.28. The molecule has 0 aliphatic heterocycles. The van der Waals surface area contributed by atoms with Gasteiger partial charge in [0.25, 0.3) is 5.91 Å². The van der Waals surface area contributed by atoms with Crippen LogP contribution in [0.4, 0.5) is 0 Å². The highest BCUT2D eigenvalue weighted by atomic mass is 16.5. The molecule has 4 aromatic rings. The molecule has 1 amide bonds. The van der Waals surface area contributed by atoms with Crippen LogP contribution in [0.3, 0.4) is 0 Å². The number of aromatic nitrogens is 2. The van der Waals surface area contributed by atoms with Crippen LogP contribution in [0.5, 0.6) is 17.2 Å². The Morgan fingerprint density at radius 2 is 1.75 bits per heavy atom. The Balaban J connectivity index is 1.50. The summed E-state index contributed by atoms with van der Waals surface area (Å²) in [5.74, 6) is 2.92. The van der Waals surface area contributed by atoms with Crippen LogP contribution in [-0.2, 0) is 13.1 Å². The number of benzene rings is 3. The van der Waals surface area contributed by atoms with E-state index in [0.29, 0.717) is 36.1 Å². The molecular formula is C29H33N3O4. The Labute approximate surface area is 212 Å². The molecule has 0 saturated carbocycles. The van der Waals surface area contributed by atoms with E-state index in [1.807, 2.05) is 24.3 Å². The number of carbonyl (C=O) groups excluding carboxylic acids is 1. The van der Waals surface area contributed by atoms with Crippen molar-refractivity contribution in [1.29, 1.82) is 0 Å². The lowest BCUT2D eigenvalue weighted by Crippen LogP contribution is -2.25. The first kappa shape index (κ1) is 25.1. The van der Waals surface area contributed by atoms with E-state index in [1.54, 1.807) is 32.4 Å². The molecule has 0 bridgehead atoms. The van der Waals surface area contributed by atoms with Crippen LogP contribution < -0.4 is 19.5 Å². The number of nitrogens with one attached hydrogen (secondary N) is 1. The zero-order valence-electron chi connectivity index (χ0n) is 21.5. The van der Waals surface area contributed by atoms with Gasteiger partial charge in [-0.15, -0.1) is 0 Å². The Hall–Kier alpha value is -4.00. The first-order chi connectivity index (χ1) is 17.4. The average Bonchev–Trinajstić information content (AvgIpc) is 3.24. The first-order valence-electron chi connectivity index (χ1n) is 12.1. The first-order valence-corrected chi connectivity index (χ1v) is 12.1. The van der Waals surface area contributed by atoms with Gasteiger partial charge in [0.15, 0.2) is 11.5 Å². The SMILES string of the molecule is COc1ccc(C(=O)NCc2nc3ccccc3n2CCOc2cc(C)ccc2C(C)C)cc1OC. The number of ether oxygens (including phenoxy) is 3. The molecule has 188 valence electrons. The number of methoxy groups -OCH3 is 2. The van der Waals surface area contributed by atoms with Crippen molar-refractivity contribution < 1.29 is 19.0 Å². The summed E-state index contributed by atoms with van der Waals surface area (Å²) in [5, 5.41) is 2.99. The molecule has 0 unspecified atom stereocenters. The van der Waals surface area contributed by atoms with Crippen molar-refractivity contribution in [1.82, 2.24) is 14.9 Å². The minimum atomic E-state index is -0.216. The molecular weight excluding hydrogens is 454 g/mol. The number of hydrogen-bond donors (Lipinski definition) is 1. The van der Waals surface area contributed by atoms with Crippen LogP contribution in [0.25, 0.3) is 11.0 Å². The molecule has 0 radical (unpaired) electrons. The van der Waals surface area contributed by atoms with Crippen LogP contribution in [0.15, 0.2) is 60.7 Å². The molecule has 1 aromatic heterocycles. The molecule has 1 N–H and O–H groups in total. The van der Waals surface area contributed by atoms with Crippen molar-refractivity contribution in [2.45, 2.75) is 39.8 Å². The number of para-hydroxylation sites is 2. The number of amides is 1. The smallest absolute Gasteiger partial charge is 0.251 e. The van der Waals surface area contributed by atoms with Crippen LogP contribution in [0.1, 0.15) is 47.1 Å². The predicted molar refractivity (Wildman–Crippen MR) is 141 cm³/mol. The van der Waals surface area contributed by atoms with Gasteiger partial charge in [-0.1, -0.05) is 38.1 Å². The molecule has 0 saturated heterocycles. The third-order valence-electron chi connectivity index (χ3n) is 6.15. The number of fused-ring (bicyclic) bond motifs is 1. The summed E-state index contributed by atoms with van der Waals surface area (Å²) in [6, 6.07) is 19.4. The highest BCUT2D eigenvalue weighted by molar-refractivity contribution is 5.94. The standard InChI is InChI=1S/C29H33N3O4/c1-19(2)22-12-10-20(3)16-26(22)36-15-14-32-24-9-7-6-8-23(24)31-28(32)18-30-29(33)21-11-13-25(34-4)27(17-21)35-5/h6-13,16-17,19H,14-15,18H2,1-5H3,(H,30,33). The van der Waals surface area contributed by atoms with Crippen molar-refractivity contribution in [3.63, 3.8) is 0 Å². The van der Waals surface area contributed by atoms with Gasteiger partial charge in [0.1, 0.15) is 18.2 Å². The van der Waals surface area contributed by atoms with Crippen molar-refractivity contribution in [2.75, 3.05) is 20.8 Å². The van der Waals surface area contributed by atoms with E-state index in [1.165, 1.54) is 11.1 Å². The molecule has 0 aliphatic rings. The van der Waals surface area contributed by atoms with Crippen LogP contribution in [0, 0.1) is 6.92 Å². The van der Waals surface area contributed by atoms with E-state index in [9.17, 15) is 4.79 Å². The highest BCUT2D eigenvalue weighted by Gasteiger charge is 2.15. The van der Waals surface area contributed by atoms with E-state index in [4.69, 9.17) is 19.2 Å². The number of hydrogen-bond acceptors (Lipinski definition) is 5. The van der Waals surface area contributed by atoms with Gasteiger partial charge in [0.05, 0.1) is 38.3 Å². The largest absolute Gasteiger partial charge is 0.493 e. The fraction of sp³-hybridized carbons (Fsp3) is 0.310. The number of rotatable bonds is 10. The summed E-state index contributed by atoms with van der Waals surface area (Å²) in [5.41, 5.74) is 4.73. The summed E-state index contributed by atoms with van der Waals surface area (Å²) >= 11 is 0. The topological polar surface area (TPSA) is 74.6 Å². The summed E-state index contributed by atoms with van der Waals surface area (Å²) in [6.07, 6.45) is 0. The zero-order valence-corrected chi connectivity index (χ0v) is 21.5. The van der Waals surface area contributed by atoms with Gasteiger partial charge in [-0.25, -0.2) is 4.98 Å². The fourth-order valence-corrected chi connectivity index (χ4v) is 4.24. The Kier molecular flexibility index (Phi) is 7.78. The zero-order chi connectivity index (χ0) is 25.7. The van der Waals surface area contributed by atoms with Crippen LogP contribution in [-0.4, -0.2) is 36.3 Å². The van der Waals surface area contributed by atoms with Crippen molar-refractivity contribution >= 4 is 16.9 Å². The second kappa shape index (κ2) is 11.2. The monoisotopic (exact) mass is 487 g/mol. The van der Waals surface area contributed by atoms with Gasteiger partial charge in [-0.2, -0.15) is 0 Å². The fourth-order valence-electron chi connectivity index (χ4n) is 4.24. The summed E-state index contributed by atoms with van der Waals surface area (Å²) < 4.78 is 18.9. The number of carbonyl (C=O) groups is 1. The molecule has 36 heavy (non-hydrogen) atoms. The lowest BCUT2D eigenvalue weighted by Gasteiger charge is -2.16. The van der Waals surface area contributed by atoms with Crippen LogP contribution >= 0.6 is 0 Å². The van der Waals surface area contributed by atoms with Gasteiger partial charge in [0.2, 0.25) is 0 Å². The summed E-state index contributed by atoms with van der Waals surface area (Å²) in [4.78, 5) is 17.6. The third-order valence-corrected chi connectivity index (χ3v) is 6.15. The predicted octanol–water partition coefficient (Wildman–Crippen LogP) is 5.49. The van der Waals surface area contributed by atoms with Gasteiger partial charge < -0.3 is 24.1 Å². The van der Waals surface area contributed by atoms with Gasteiger partial charge in [-0.05, 0) is 60.4 Å². The Bertz CT molecular complexity index is 1360. The second-order valence-electron chi connectivity index (χ2n) is 8.97. The molecule has 4 rings (SSSR count). The summed E-state index contributed by atoms with van der Waals surface area (Å²) in [7, 11) is 3.11. The van der Waals surface area contributed by atoms with Crippen molar-refractivity contribution in [2.24, 2.45) is 0 Å². The Morgan fingerprint density at radius 3 is 2.50 bits per heavy atom. The molecule has 7 nitrogen and oxygen atoms in total. The maximum absolute atomic E-state index is 12.9. The quantitative estimate of drug-likeness (QED) is 0.320. The lowest BCUT2D eigenvalue weighted by atomic mass is 10.0. The molecule has 0 atom stereocenters. The molecule has 1 heterocycles. The third kappa shape index (κ3) is 5.46. The normalized spacial score (nSPS) is 11.1. The number of aryl methyl sites for hydroxylation is 1. The minimum absolute atomic E-state index is 0.216. The summed E-state index contributed by atoms with van der Waals surface area (Å²) in [6.45, 7) is 7.77. The maximum Gasteiger partial charge on any atom is 0.251 e.